The molecular formula is C18H20N2O. The van der Waals surface area contributed by atoms with Crippen LogP contribution in [0.1, 0.15) is 24.1 Å². The van der Waals surface area contributed by atoms with Gasteiger partial charge in [0, 0.05) is 29.7 Å². The lowest BCUT2D eigenvalue weighted by Crippen LogP contribution is -2.18. The lowest BCUT2D eigenvalue weighted by Gasteiger charge is -2.15. The maximum atomic E-state index is 5.28. The molecular weight excluding hydrogens is 260 g/mol. The van der Waals surface area contributed by atoms with Crippen LogP contribution in [-0.4, -0.2) is 12.1 Å². The van der Waals surface area contributed by atoms with Crippen LogP contribution >= 0.6 is 0 Å². The molecule has 0 aliphatic rings. The molecule has 0 bridgehead atoms. The van der Waals surface area contributed by atoms with Gasteiger partial charge in [-0.05, 0) is 42.3 Å². The first-order valence-corrected chi connectivity index (χ1v) is 7.20. The van der Waals surface area contributed by atoms with E-state index in [1.54, 1.807) is 7.11 Å². The van der Waals surface area contributed by atoms with E-state index in [2.05, 4.69) is 53.6 Å². The number of rotatable bonds is 5. The zero-order valence-electron chi connectivity index (χ0n) is 12.4. The quantitative estimate of drug-likeness (QED) is 0.740. The Morgan fingerprint density at radius 1 is 1.14 bits per heavy atom. The lowest BCUT2D eigenvalue weighted by molar-refractivity contribution is 0.413. The number of hydrogen-bond acceptors (Lipinski definition) is 2. The van der Waals surface area contributed by atoms with E-state index in [0.717, 1.165) is 12.3 Å². The van der Waals surface area contributed by atoms with Crippen molar-refractivity contribution >= 4 is 10.9 Å². The molecule has 0 spiro atoms. The molecule has 21 heavy (non-hydrogen) atoms. The molecule has 2 N–H and O–H groups in total. The van der Waals surface area contributed by atoms with E-state index in [9.17, 15) is 0 Å². The SMILES string of the molecule is COc1cccc([C@H](C)NCc2cccc3[nH]ccc23)c1. The third kappa shape index (κ3) is 2.93. The van der Waals surface area contributed by atoms with Gasteiger partial charge in [0.05, 0.1) is 7.11 Å². The Balaban J connectivity index is 1.73. The van der Waals surface area contributed by atoms with Crippen molar-refractivity contribution in [3.63, 3.8) is 0 Å². The summed E-state index contributed by atoms with van der Waals surface area (Å²) in [6.45, 7) is 3.01. The number of H-pyrrole nitrogens is 1. The van der Waals surface area contributed by atoms with Gasteiger partial charge in [-0.15, -0.1) is 0 Å². The van der Waals surface area contributed by atoms with Crippen LogP contribution in [0.3, 0.4) is 0 Å². The molecule has 0 aliphatic carbocycles. The number of aromatic amines is 1. The van der Waals surface area contributed by atoms with Crippen LogP contribution < -0.4 is 10.1 Å². The topological polar surface area (TPSA) is 37.0 Å². The van der Waals surface area contributed by atoms with Crippen molar-refractivity contribution in [1.29, 1.82) is 0 Å². The van der Waals surface area contributed by atoms with E-state index in [1.807, 2.05) is 18.3 Å². The van der Waals surface area contributed by atoms with Gasteiger partial charge in [0.1, 0.15) is 5.75 Å². The van der Waals surface area contributed by atoms with Gasteiger partial charge in [-0.25, -0.2) is 0 Å². The maximum Gasteiger partial charge on any atom is 0.119 e. The second-order valence-electron chi connectivity index (χ2n) is 5.24. The molecule has 2 aromatic carbocycles. The summed E-state index contributed by atoms with van der Waals surface area (Å²) in [4.78, 5) is 3.25. The molecule has 0 fully saturated rings. The molecule has 108 valence electrons. The molecule has 0 saturated carbocycles. The molecule has 0 aliphatic heterocycles. The van der Waals surface area contributed by atoms with Gasteiger partial charge in [0.2, 0.25) is 0 Å². The summed E-state index contributed by atoms with van der Waals surface area (Å²) < 4.78 is 5.28. The minimum Gasteiger partial charge on any atom is -0.497 e. The van der Waals surface area contributed by atoms with Gasteiger partial charge < -0.3 is 15.0 Å². The van der Waals surface area contributed by atoms with E-state index in [0.29, 0.717) is 0 Å². The number of methoxy groups -OCH3 is 1. The Morgan fingerprint density at radius 2 is 2.00 bits per heavy atom. The Hall–Kier alpha value is -2.26. The molecule has 3 rings (SSSR count). The highest BCUT2D eigenvalue weighted by Gasteiger charge is 2.07. The van der Waals surface area contributed by atoms with Crippen molar-refractivity contribution in [3.8, 4) is 5.75 Å². The minimum atomic E-state index is 0.272. The first-order chi connectivity index (χ1) is 10.3. The Kier molecular flexibility index (Phi) is 3.93. The smallest absolute Gasteiger partial charge is 0.119 e. The monoisotopic (exact) mass is 280 g/mol. The number of nitrogens with one attached hydrogen (secondary N) is 2. The highest BCUT2D eigenvalue weighted by atomic mass is 16.5. The van der Waals surface area contributed by atoms with Gasteiger partial charge in [-0.2, -0.15) is 0 Å². The third-order valence-corrected chi connectivity index (χ3v) is 3.88. The van der Waals surface area contributed by atoms with Gasteiger partial charge >= 0.3 is 0 Å². The van der Waals surface area contributed by atoms with Crippen molar-refractivity contribution < 1.29 is 4.74 Å². The zero-order valence-corrected chi connectivity index (χ0v) is 12.4. The number of benzene rings is 2. The predicted octanol–water partition coefficient (Wildman–Crippen LogP) is 4.03. The Bertz CT molecular complexity index is 733. The Morgan fingerprint density at radius 3 is 2.86 bits per heavy atom. The molecule has 1 aromatic heterocycles. The van der Waals surface area contributed by atoms with E-state index in [4.69, 9.17) is 4.74 Å². The fourth-order valence-corrected chi connectivity index (χ4v) is 2.60. The van der Waals surface area contributed by atoms with E-state index in [1.165, 1.54) is 22.0 Å². The zero-order chi connectivity index (χ0) is 14.7. The summed E-state index contributed by atoms with van der Waals surface area (Å²) in [7, 11) is 1.70. The van der Waals surface area contributed by atoms with Crippen molar-refractivity contribution in [2.24, 2.45) is 0 Å². The summed E-state index contributed by atoms with van der Waals surface area (Å²) in [5, 5.41) is 4.86. The van der Waals surface area contributed by atoms with Crippen molar-refractivity contribution in [1.82, 2.24) is 10.3 Å². The molecule has 3 aromatic rings. The minimum absolute atomic E-state index is 0.272. The lowest BCUT2D eigenvalue weighted by atomic mass is 10.1. The molecule has 1 heterocycles. The second kappa shape index (κ2) is 6.02. The molecule has 3 heteroatoms. The summed E-state index contributed by atoms with van der Waals surface area (Å²) >= 11 is 0. The average Bonchev–Trinajstić information content (AvgIpc) is 3.01. The fourth-order valence-electron chi connectivity index (χ4n) is 2.60. The summed E-state index contributed by atoms with van der Waals surface area (Å²) in [5.74, 6) is 0.897. The largest absolute Gasteiger partial charge is 0.497 e. The van der Waals surface area contributed by atoms with Gasteiger partial charge in [0.25, 0.3) is 0 Å². The highest BCUT2D eigenvalue weighted by molar-refractivity contribution is 5.82. The molecule has 1 atom stereocenters. The molecule has 3 nitrogen and oxygen atoms in total. The number of hydrogen-bond donors (Lipinski definition) is 2. The summed E-state index contributed by atoms with van der Waals surface area (Å²) in [6.07, 6.45) is 1.99. The second-order valence-corrected chi connectivity index (χ2v) is 5.24. The van der Waals surface area contributed by atoms with Crippen LogP contribution in [0, 0.1) is 0 Å². The molecule has 0 unspecified atom stereocenters. The van der Waals surface area contributed by atoms with E-state index in [-0.39, 0.29) is 6.04 Å². The van der Waals surface area contributed by atoms with Crippen LogP contribution in [0.15, 0.2) is 54.7 Å². The van der Waals surface area contributed by atoms with Crippen LogP contribution in [0.4, 0.5) is 0 Å². The summed E-state index contributed by atoms with van der Waals surface area (Å²) in [5.41, 5.74) is 3.72. The van der Waals surface area contributed by atoms with Gasteiger partial charge in [-0.1, -0.05) is 24.3 Å². The van der Waals surface area contributed by atoms with Gasteiger partial charge in [-0.3, -0.25) is 0 Å². The molecule has 0 saturated heterocycles. The van der Waals surface area contributed by atoms with Crippen molar-refractivity contribution in [2.45, 2.75) is 19.5 Å². The van der Waals surface area contributed by atoms with Crippen molar-refractivity contribution in [3.05, 3.63) is 65.9 Å². The first-order valence-electron chi connectivity index (χ1n) is 7.20. The van der Waals surface area contributed by atoms with Crippen LogP contribution in [0.25, 0.3) is 10.9 Å². The van der Waals surface area contributed by atoms with E-state index < -0.39 is 0 Å². The normalized spacial score (nSPS) is 12.5. The highest BCUT2D eigenvalue weighted by Crippen LogP contribution is 2.21. The fraction of sp³-hybridized carbons (Fsp3) is 0.222. The standard InChI is InChI=1S/C18H20N2O/c1-13(14-5-3-7-16(11-14)21-2)20-12-15-6-4-8-18-17(15)9-10-19-18/h3-11,13,19-20H,12H2,1-2H3/t13-/m0/s1. The Labute approximate surface area is 125 Å². The summed E-state index contributed by atoms with van der Waals surface area (Å²) in [6, 6.07) is 17.0. The number of ether oxygens (including phenoxy) is 1. The van der Waals surface area contributed by atoms with Gasteiger partial charge in [0.15, 0.2) is 0 Å². The maximum absolute atomic E-state index is 5.28. The van der Waals surface area contributed by atoms with Crippen LogP contribution in [0.5, 0.6) is 5.75 Å². The van der Waals surface area contributed by atoms with E-state index >= 15 is 0 Å². The first kappa shape index (κ1) is 13.7. The van der Waals surface area contributed by atoms with Crippen LogP contribution in [0.2, 0.25) is 0 Å². The number of aromatic nitrogens is 1. The third-order valence-electron chi connectivity index (χ3n) is 3.88. The predicted molar refractivity (Wildman–Crippen MR) is 86.5 cm³/mol. The average molecular weight is 280 g/mol. The van der Waals surface area contributed by atoms with Crippen molar-refractivity contribution in [2.75, 3.05) is 7.11 Å². The van der Waals surface area contributed by atoms with Crippen LogP contribution in [-0.2, 0) is 6.54 Å². The molecule has 0 radical (unpaired) electrons. The number of fused-ring (bicyclic) bond motifs is 1. The molecule has 0 amide bonds.